The molecule has 1 aliphatic heterocycles. The summed E-state index contributed by atoms with van der Waals surface area (Å²) in [6.07, 6.45) is 5.17. The summed E-state index contributed by atoms with van der Waals surface area (Å²) in [6.45, 7) is 7.19. The molecule has 8 heteroatoms. The number of imidazole rings is 1. The van der Waals surface area contributed by atoms with Crippen LogP contribution in [0.15, 0.2) is 66.7 Å². The second kappa shape index (κ2) is 13.3. The maximum atomic E-state index is 15.0. The van der Waals surface area contributed by atoms with Gasteiger partial charge in [0.2, 0.25) is 0 Å². The highest BCUT2D eigenvalue weighted by Crippen LogP contribution is 2.34. The number of terminal acetylenes is 1. The normalized spacial score (nSPS) is 14.5. The lowest BCUT2D eigenvalue weighted by atomic mass is 9.93. The van der Waals surface area contributed by atoms with Crippen LogP contribution in [0.3, 0.4) is 0 Å². The highest BCUT2D eigenvalue weighted by molar-refractivity contribution is 6.12. The summed E-state index contributed by atoms with van der Waals surface area (Å²) in [4.78, 5) is 20.0. The first-order valence-electron chi connectivity index (χ1n) is 14.5. The first-order chi connectivity index (χ1) is 20.5. The molecule has 1 amide bonds. The Bertz CT molecular complexity index is 1660. The second-order valence-electron chi connectivity index (χ2n) is 10.9. The molecule has 0 saturated carbocycles. The van der Waals surface area contributed by atoms with Crippen molar-refractivity contribution in [2.24, 2.45) is 0 Å². The van der Waals surface area contributed by atoms with Gasteiger partial charge in [0.25, 0.3) is 11.8 Å². The molecule has 5 nitrogen and oxygen atoms in total. The van der Waals surface area contributed by atoms with Crippen LogP contribution in [0.1, 0.15) is 90.7 Å². The van der Waals surface area contributed by atoms with E-state index in [9.17, 15) is 18.0 Å². The van der Waals surface area contributed by atoms with E-state index in [1.54, 1.807) is 35.8 Å². The Morgan fingerprint density at radius 2 is 1.77 bits per heavy atom. The molecule has 1 unspecified atom stereocenters. The summed E-state index contributed by atoms with van der Waals surface area (Å²) < 4.78 is 44.3. The van der Waals surface area contributed by atoms with E-state index in [4.69, 9.17) is 10.4 Å². The quantitative estimate of drug-likeness (QED) is 0.175. The molecule has 2 heterocycles. The van der Waals surface area contributed by atoms with Gasteiger partial charge in [-0.3, -0.25) is 14.8 Å². The molecule has 0 radical (unpaired) electrons. The van der Waals surface area contributed by atoms with Crippen molar-refractivity contribution in [1.82, 2.24) is 14.5 Å². The number of piperidine rings is 1. The Kier molecular flexibility index (Phi) is 9.75. The van der Waals surface area contributed by atoms with E-state index >= 15 is 0 Å². The van der Waals surface area contributed by atoms with E-state index in [1.807, 2.05) is 43.0 Å². The number of aromatic nitrogens is 2. The average Bonchev–Trinajstić information content (AvgIpc) is 3.40. The van der Waals surface area contributed by atoms with E-state index in [0.717, 1.165) is 29.3 Å². The van der Waals surface area contributed by atoms with E-state index < -0.39 is 12.2 Å². The largest absolute Gasteiger partial charge is 0.339 e. The van der Waals surface area contributed by atoms with Gasteiger partial charge in [-0.25, -0.2) is 18.2 Å². The van der Waals surface area contributed by atoms with Crippen LogP contribution >= 0.6 is 0 Å². The summed E-state index contributed by atoms with van der Waals surface area (Å²) in [5.74, 6) is -0.0494. The number of fused-ring (bicyclic) bond motifs is 1. The van der Waals surface area contributed by atoms with Crippen molar-refractivity contribution in [3.05, 3.63) is 100 Å². The third-order valence-corrected chi connectivity index (χ3v) is 7.79. The standard InChI is InChI=1S/C32H33F3N4O.C3H4/c1-4-28(33)39-27-11-6-5-10-26(27)37-30(39)21-14-16-38(17-15-21)31(40)23-12-13-25(20(2)18-23)29(36)22-8-7-9-24(19-22)32(3,34)35;1-3-2/h5-13,18-19,21,28,36H,4,14-17H2,1-3H3;1H,2H3. The Morgan fingerprint density at radius 1 is 1.09 bits per heavy atom. The lowest BCUT2D eigenvalue weighted by Gasteiger charge is -2.32. The maximum Gasteiger partial charge on any atom is 0.270 e. The number of likely N-dealkylation sites (tertiary alicyclic amines) is 1. The number of carbonyl (C=O) groups is 1. The molecule has 43 heavy (non-hydrogen) atoms. The number of halogens is 3. The number of carbonyl (C=O) groups excluding carboxylic acids is 1. The van der Waals surface area contributed by atoms with Crippen LogP contribution in [0, 0.1) is 24.7 Å². The van der Waals surface area contributed by atoms with Crippen molar-refractivity contribution in [3.63, 3.8) is 0 Å². The number of hydrogen-bond acceptors (Lipinski definition) is 3. The molecule has 1 aliphatic rings. The Morgan fingerprint density at radius 3 is 2.40 bits per heavy atom. The summed E-state index contributed by atoms with van der Waals surface area (Å²) in [6, 6.07) is 18.6. The van der Waals surface area contributed by atoms with Gasteiger partial charge in [-0.05, 0) is 69.0 Å². The van der Waals surface area contributed by atoms with Gasteiger partial charge in [-0.15, -0.1) is 12.3 Å². The van der Waals surface area contributed by atoms with Gasteiger partial charge in [-0.1, -0.05) is 43.3 Å². The van der Waals surface area contributed by atoms with Crippen LogP contribution in [-0.2, 0) is 5.92 Å². The number of amides is 1. The van der Waals surface area contributed by atoms with Crippen LogP contribution < -0.4 is 0 Å². The van der Waals surface area contributed by atoms with Gasteiger partial charge in [0.1, 0.15) is 5.82 Å². The number of para-hydroxylation sites is 2. The van der Waals surface area contributed by atoms with E-state index in [2.05, 4.69) is 12.3 Å². The lowest BCUT2D eigenvalue weighted by molar-refractivity contribution is 0.0174. The zero-order valence-electron chi connectivity index (χ0n) is 25.0. The molecule has 1 fully saturated rings. The molecule has 1 atom stereocenters. The first-order valence-corrected chi connectivity index (χ1v) is 14.5. The molecular weight excluding hydrogens is 549 g/mol. The van der Waals surface area contributed by atoms with Crippen molar-refractivity contribution in [3.8, 4) is 12.3 Å². The summed E-state index contributed by atoms with van der Waals surface area (Å²) in [5.41, 5.74) is 3.78. The van der Waals surface area contributed by atoms with E-state index in [1.165, 1.54) is 18.2 Å². The van der Waals surface area contributed by atoms with Gasteiger partial charge in [0, 0.05) is 48.2 Å². The Hall–Kier alpha value is -4.38. The highest BCUT2D eigenvalue weighted by Gasteiger charge is 2.30. The highest BCUT2D eigenvalue weighted by atomic mass is 19.3. The predicted molar refractivity (Wildman–Crippen MR) is 166 cm³/mol. The fourth-order valence-electron chi connectivity index (χ4n) is 5.53. The van der Waals surface area contributed by atoms with Crippen molar-refractivity contribution >= 4 is 22.7 Å². The number of benzene rings is 3. The monoisotopic (exact) mass is 586 g/mol. The minimum Gasteiger partial charge on any atom is -0.339 e. The number of nitrogens with zero attached hydrogens (tertiary/aromatic N) is 3. The van der Waals surface area contributed by atoms with Crippen LogP contribution in [0.2, 0.25) is 0 Å². The molecule has 1 N–H and O–H groups in total. The fourth-order valence-corrected chi connectivity index (χ4v) is 5.53. The van der Waals surface area contributed by atoms with Gasteiger partial charge in [0.05, 0.1) is 16.7 Å². The summed E-state index contributed by atoms with van der Waals surface area (Å²) in [5, 5.41) is 8.62. The number of aryl methyl sites for hydroxylation is 1. The number of hydrogen-bond donors (Lipinski definition) is 1. The number of nitrogens with one attached hydrogen (secondary N) is 1. The molecule has 1 aromatic heterocycles. The zero-order valence-corrected chi connectivity index (χ0v) is 25.0. The van der Waals surface area contributed by atoms with E-state index in [0.29, 0.717) is 49.0 Å². The third kappa shape index (κ3) is 6.83. The average molecular weight is 587 g/mol. The Labute approximate surface area is 251 Å². The molecular formula is C35H37F3N4O. The maximum absolute atomic E-state index is 15.0. The number of alkyl halides is 3. The van der Waals surface area contributed by atoms with Crippen LogP contribution in [0.25, 0.3) is 11.0 Å². The first kappa shape index (κ1) is 31.6. The topological polar surface area (TPSA) is 62.0 Å². The minimum absolute atomic E-state index is 0.0529. The summed E-state index contributed by atoms with van der Waals surface area (Å²) >= 11 is 0. The smallest absolute Gasteiger partial charge is 0.270 e. The van der Waals surface area contributed by atoms with E-state index in [-0.39, 0.29) is 23.1 Å². The van der Waals surface area contributed by atoms with Gasteiger partial charge < -0.3 is 4.90 Å². The molecule has 0 spiro atoms. The SMILES string of the molecule is C#CC.CCC(F)n1c(C2CCN(C(=O)c3ccc(C(=N)c4cccc(C(C)(F)F)c4)c(C)c3)CC2)nc2ccccc21. The molecule has 4 aromatic rings. The van der Waals surface area contributed by atoms with Crippen molar-refractivity contribution in [2.75, 3.05) is 13.1 Å². The minimum atomic E-state index is -2.99. The third-order valence-electron chi connectivity index (χ3n) is 7.79. The van der Waals surface area contributed by atoms with Crippen molar-refractivity contribution < 1.29 is 18.0 Å². The zero-order chi connectivity index (χ0) is 31.3. The van der Waals surface area contributed by atoms with Crippen LogP contribution in [0.4, 0.5) is 13.2 Å². The van der Waals surface area contributed by atoms with Crippen molar-refractivity contribution in [2.45, 2.75) is 65.1 Å². The summed E-state index contributed by atoms with van der Waals surface area (Å²) in [7, 11) is 0. The Balaban J connectivity index is 0.00000135. The van der Waals surface area contributed by atoms with Crippen molar-refractivity contribution in [1.29, 1.82) is 5.41 Å². The van der Waals surface area contributed by atoms with Crippen LogP contribution in [0.5, 0.6) is 0 Å². The molecule has 1 saturated heterocycles. The predicted octanol–water partition coefficient (Wildman–Crippen LogP) is 8.41. The molecule has 3 aromatic carbocycles. The van der Waals surface area contributed by atoms with Gasteiger partial charge in [-0.2, -0.15) is 0 Å². The van der Waals surface area contributed by atoms with Gasteiger partial charge in [0.15, 0.2) is 6.30 Å². The van der Waals surface area contributed by atoms with Gasteiger partial charge >= 0.3 is 0 Å². The fraction of sp³-hybridized carbons (Fsp3) is 0.343. The molecule has 0 bridgehead atoms. The van der Waals surface area contributed by atoms with Crippen LogP contribution in [-0.4, -0.2) is 39.2 Å². The second-order valence-corrected chi connectivity index (χ2v) is 10.9. The number of rotatable bonds is 7. The molecule has 0 aliphatic carbocycles. The molecule has 224 valence electrons. The molecule has 5 rings (SSSR count). The lowest BCUT2D eigenvalue weighted by Crippen LogP contribution is -2.38.